The number of nitrogens with two attached hydrogens (primary N) is 1. The van der Waals surface area contributed by atoms with Crippen LogP contribution in [0.25, 0.3) is 5.65 Å². The number of nitrogens with zero attached hydrogens (tertiary/aromatic N) is 7. The first-order valence-electron chi connectivity index (χ1n) is 11.3. The van der Waals surface area contributed by atoms with Gasteiger partial charge in [0.1, 0.15) is 36.0 Å². The zero-order chi connectivity index (χ0) is 26.4. The Labute approximate surface area is 227 Å². The number of hydrogen-bond donors (Lipinski definition) is 3. The van der Waals surface area contributed by atoms with Crippen LogP contribution < -0.4 is 15.6 Å². The molecule has 17 heteroatoms. The van der Waals surface area contributed by atoms with Gasteiger partial charge in [-0.2, -0.15) is 21.1 Å². The number of oxime groups is 1. The Morgan fingerprint density at radius 2 is 2.21 bits per heavy atom. The monoisotopic (exact) mass is 574 g/mol. The van der Waals surface area contributed by atoms with Gasteiger partial charge in [-0.15, -0.1) is 16.3 Å². The lowest BCUT2D eigenvalue weighted by Gasteiger charge is -2.49. The summed E-state index contributed by atoms with van der Waals surface area (Å²) in [5.74, 6) is -0.580. The number of anilines is 1. The summed E-state index contributed by atoms with van der Waals surface area (Å²) in [6, 6.07) is 2.71. The van der Waals surface area contributed by atoms with Crippen molar-refractivity contribution in [2.75, 3.05) is 23.0 Å². The third-order valence-corrected chi connectivity index (χ3v) is 9.20. The van der Waals surface area contributed by atoms with Crippen LogP contribution in [0.15, 0.2) is 47.1 Å². The van der Waals surface area contributed by atoms with Gasteiger partial charge in [0.15, 0.2) is 11.3 Å². The van der Waals surface area contributed by atoms with Crippen LogP contribution in [-0.4, -0.2) is 87.3 Å². The molecule has 0 radical (unpaired) electrons. The topological polar surface area (TPSA) is 181 Å². The minimum atomic E-state index is -1.21. The Hall–Kier alpha value is -3.70. The lowest BCUT2D eigenvalue weighted by molar-refractivity contribution is -0.662. The number of aliphatic carboxylic acids is 1. The van der Waals surface area contributed by atoms with E-state index in [2.05, 4.69) is 24.9 Å². The van der Waals surface area contributed by atoms with Crippen LogP contribution in [-0.2, 0) is 25.8 Å². The van der Waals surface area contributed by atoms with Crippen LogP contribution in [0.2, 0.25) is 0 Å². The molecule has 0 unspecified atom stereocenters. The molecule has 6 heterocycles. The van der Waals surface area contributed by atoms with Crippen LogP contribution in [0.1, 0.15) is 5.82 Å². The van der Waals surface area contributed by atoms with Gasteiger partial charge in [0, 0.05) is 40.4 Å². The number of imidazole rings is 1. The van der Waals surface area contributed by atoms with Gasteiger partial charge in [0.25, 0.3) is 11.8 Å². The number of carbonyl (C=O) groups is 3. The maximum atomic E-state index is 13.1. The normalized spacial score (nSPS) is 21.6. The van der Waals surface area contributed by atoms with Gasteiger partial charge in [-0.25, -0.2) is 9.36 Å². The molecule has 2 saturated heterocycles. The third-order valence-electron chi connectivity index (χ3n) is 6.11. The number of fused-ring (bicyclic) bond motifs is 2. The quantitative estimate of drug-likeness (QED) is 0.134. The molecule has 0 aliphatic carbocycles. The summed E-state index contributed by atoms with van der Waals surface area (Å²) in [5, 5.41) is 20.4. The van der Waals surface area contributed by atoms with Crippen molar-refractivity contribution < 1.29 is 28.9 Å². The van der Waals surface area contributed by atoms with E-state index in [9.17, 15) is 19.5 Å². The molecule has 14 nitrogen and oxygen atoms in total. The van der Waals surface area contributed by atoms with Gasteiger partial charge in [-0.05, 0) is 6.07 Å². The molecule has 3 aliphatic heterocycles. The van der Waals surface area contributed by atoms with Gasteiger partial charge in [-0.1, -0.05) is 10.3 Å². The van der Waals surface area contributed by atoms with Crippen molar-refractivity contribution in [2.45, 2.75) is 24.1 Å². The predicted molar refractivity (Wildman–Crippen MR) is 138 cm³/mol. The summed E-state index contributed by atoms with van der Waals surface area (Å²) < 4.78 is 7.59. The first kappa shape index (κ1) is 24.6. The van der Waals surface area contributed by atoms with Crippen LogP contribution in [0, 0.1) is 0 Å². The van der Waals surface area contributed by atoms with E-state index in [0.717, 1.165) is 28.7 Å². The second kappa shape index (κ2) is 9.88. The van der Waals surface area contributed by atoms with E-state index in [-0.39, 0.29) is 35.0 Å². The van der Waals surface area contributed by atoms with Crippen LogP contribution in [0.3, 0.4) is 0 Å². The minimum absolute atomic E-state index is 0.00313. The molecular formula is C21H20N9O5S3+. The van der Waals surface area contributed by atoms with Gasteiger partial charge < -0.3 is 21.0 Å². The first-order chi connectivity index (χ1) is 18.4. The summed E-state index contributed by atoms with van der Waals surface area (Å²) in [4.78, 5) is 49.2. The first-order valence-corrected chi connectivity index (χ1v) is 14.3. The molecule has 3 aromatic rings. The fraction of sp³-hybridized carbons (Fsp3) is 0.333. The number of carboxylic acid groups (broad SMARTS) is 1. The highest BCUT2D eigenvalue weighted by Gasteiger charge is 2.54. The SMILES string of the molecule is Nc1nc(/C(=N/OC2CSC2)C(=O)N[C@@H]2C(=O)N3C(C(=O)O)=C(C[n+]4ccn5ncccc54)CS[C@H]23)ns1. The smallest absolute Gasteiger partial charge is 0.352 e. The second-order valence-corrected chi connectivity index (χ2v) is 11.5. The Morgan fingerprint density at radius 3 is 2.92 bits per heavy atom. The fourth-order valence-corrected chi connectivity index (χ4v) is 6.53. The average molecular weight is 575 g/mol. The zero-order valence-electron chi connectivity index (χ0n) is 19.5. The van der Waals surface area contributed by atoms with Crippen molar-refractivity contribution in [3.8, 4) is 0 Å². The van der Waals surface area contributed by atoms with E-state index >= 15 is 0 Å². The number of aromatic nitrogens is 5. The number of carbonyl (C=O) groups excluding carboxylic acids is 2. The molecule has 0 bridgehead atoms. The van der Waals surface area contributed by atoms with E-state index in [1.807, 2.05) is 10.6 Å². The third kappa shape index (κ3) is 4.35. The summed E-state index contributed by atoms with van der Waals surface area (Å²) in [6.45, 7) is 0.273. The maximum Gasteiger partial charge on any atom is 0.352 e. The molecule has 0 saturated carbocycles. The van der Waals surface area contributed by atoms with Crippen molar-refractivity contribution in [2.24, 2.45) is 5.16 Å². The molecule has 38 heavy (non-hydrogen) atoms. The molecule has 0 aromatic carbocycles. The molecule has 2 fully saturated rings. The van der Waals surface area contributed by atoms with Crippen molar-refractivity contribution in [3.63, 3.8) is 0 Å². The van der Waals surface area contributed by atoms with Gasteiger partial charge in [0.05, 0.1) is 6.20 Å². The average Bonchev–Trinajstić information content (AvgIpc) is 3.49. The standard InChI is InChI=1S/C21H19N9O5S3/c22-21-25-16(27-38-21)13(26-35-11-8-36-9-11)17(31)24-14-18(32)30-15(20(33)34)10(7-37-19(14)30)6-28-4-5-29-12(28)2-1-3-23-29/h1-5,11,14,19H,6-9H2,(H3-,22,24,25,27,31,33,34)/p+1/b26-13-/t14-,19-/m1/s1. The van der Waals surface area contributed by atoms with Crippen molar-refractivity contribution in [3.05, 3.63) is 47.8 Å². The second-order valence-electron chi connectivity index (χ2n) is 8.53. The van der Waals surface area contributed by atoms with E-state index in [1.54, 1.807) is 40.9 Å². The molecule has 2 atom stereocenters. The number of amides is 2. The Balaban J connectivity index is 1.21. The van der Waals surface area contributed by atoms with Gasteiger partial charge >= 0.3 is 11.6 Å². The Kier molecular flexibility index (Phi) is 6.40. The van der Waals surface area contributed by atoms with E-state index in [1.165, 1.54) is 16.7 Å². The molecule has 6 rings (SSSR count). The van der Waals surface area contributed by atoms with Crippen molar-refractivity contribution in [1.82, 2.24) is 29.2 Å². The number of nitrogen functional groups attached to an aromatic ring is 1. The van der Waals surface area contributed by atoms with E-state index in [0.29, 0.717) is 11.3 Å². The van der Waals surface area contributed by atoms with Crippen LogP contribution >= 0.6 is 35.1 Å². The highest BCUT2D eigenvalue weighted by molar-refractivity contribution is 8.00. The predicted octanol–water partition coefficient (Wildman–Crippen LogP) is -0.670. The summed E-state index contributed by atoms with van der Waals surface area (Å²) in [7, 11) is 0. The molecule has 2 amide bonds. The van der Waals surface area contributed by atoms with Crippen LogP contribution in [0.4, 0.5) is 5.13 Å². The number of hydrogen-bond acceptors (Lipinski definition) is 12. The lowest BCUT2D eigenvalue weighted by Crippen LogP contribution is -2.71. The van der Waals surface area contributed by atoms with Crippen LogP contribution in [0.5, 0.6) is 0 Å². The lowest BCUT2D eigenvalue weighted by atomic mass is 10.0. The Morgan fingerprint density at radius 1 is 1.37 bits per heavy atom. The number of nitrogens with one attached hydrogen (secondary N) is 1. The van der Waals surface area contributed by atoms with Crippen molar-refractivity contribution in [1.29, 1.82) is 0 Å². The number of thioether (sulfide) groups is 2. The molecular weight excluding hydrogens is 554 g/mol. The number of rotatable bonds is 8. The number of β-lactam (4-membered cyclic amide) rings is 1. The number of carboxylic acids is 1. The van der Waals surface area contributed by atoms with Crippen molar-refractivity contribution >= 4 is 69.3 Å². The fourth-order valence-electron chi connectivity index (χ4n) is 4.21. The van der Waals surface area contributed by atoms with E-state index < -0.39 is 29.2 Å². The molecule has 3 aromatic heterocycles. The highest BCUT2D eigenvalue weighted by Crippen LogP contribution is 2.40. The summed E-state index contributed by atoms with van der Waals surface area (Å²) >= 11 is 3.97. The summed E-state index contributed by atoms with van der Waals surface area (Å²) in [6.07, 6.45) is 5.10. The molecule has 4 N–H and O–H groups in total. The largest absolute Gasteiger partial charge is 0.477 e. The highest BCUT2D eigenvalue weighted by atomic mass is 32.2. The van der Waals surface area contributed by atoms with E-state index in [4.69, 9.17) is 10.6 Å². The van der Waals surface area contributed by atoms with Gasteiger partial charge in [-0.3, -0.25) is 14.5 Å². The molecule has 196 valence electrons. The zero-order valence-corrected chi connectivity index (χ0v) is 21.9. The molecule has 3 aliphatic rings. The molecule has 0 spiro atoms. The van der Waals surface area contributed by atoms with Gasteiger partial charge in [0.2, 0.25) is 11.5 Å². The maximum absolute atomic E-state index is 13.1. The summed E-state index contributed by atoms with van der Waals surface area (Å²) in [5.41, 5.74) is 6.77. The minimum Gasteiger partial charge on any atom is -0.477 e. The Bertz CT molecular complexity index is 1510.